The summed E-state index contributed by atoms with van der Waals surface area (Å²) in [5.74, 6) is 0.980. The van der Waals surface area contributed by atoms with Crippen LogP contribution >= 0.6 is 11.8 Å². The van der Waals surface area contributed by atoms with Crippen molar-refractivity contribution in [3.05, 3.63) is 0 Å². The smallest absolute Gasteiger partial charge is 0.306 e. The molecule has 0 saturated carbocycles. The zero-order valence-corrected chi connectivity index (χ0v) is 31.0. The van der Waals surface area contributed by atoms with Gasteiger partial charge in [-0.25, -0.2) is 0 Å². The molecule has 1 unspecified atom stereocenters. The first-order valence-corrected chi connectivity index (χ1v) is 20.6. The summed E-state index contributed by atoms with van der Waals surface area (Å²) < 4.78 is 11.2. The standard InChI is InChI=1S/C39H74O5S/c1-4-6-8-10-12-14-16-18-20-22-24-26-28-30-38(41)43-34-37(35-45-33-32-36(3)40)44-39(42)31-29-27-25-23-21-19-17-15-13-11-9-7-5-2/h37H,4-35H2,1-3H3. The van der Waals surface area contributed by atoms with Gasteiger partial charge in [0.15, 0.2) is 0 Å². The molecule has 0 aromatic carbocycles. The highest BCUT2D eigenvalue weighted by molar-refractivity contribution is 7.99. The maximum Gasteiger partial charge on any atom is 0.306 e. The number of Topliss-reactive ketones (excluding diaryl/α,β-unsaturated/α-hetero) is 1. The monoisotopic (exact) mass is 655 g/mol. The molecule has 0 spiro atoms. The van der Waals surface area contributed by atoms with Crippen molar-refractivity contribution in [1.82, 2.24) is 0 Å². The van der Waals surface area contributed by atoms with Crippen molar-refractivity contribution in [2.75, 3.05) is 18.1 Å². The molecule has 45 heavy (non-hydrogen) atoms. The Morgan fingerprint density at radius 1 is 0.489 bits per heavy atom. The minimum absolute atomic E-state index is 0.106. The van der Waals surface area contributed by atoms with Crippen LogP contribution in [0.25, 0.3) is 0 Å². The fourth-order valence-corrected chi connectivity index (χ4v) is 6.65. The van der Waals surface area contributed by atoms with Crippen LogP contribution in [0, 0.1) is 0 Å². The molecule has 266 valence electrons. The Labute approximate surface area is 283 Å². The van der Waals surface area contributed by atoms with Gasteiger partial charge in [0.2, 0.25) is 0 Å². The third kappa shape index (κ3) is 35.7. The van der Waals surface area contributed by atoms with E-state index in [1.165, 1.54) is 141 Å². The summed E-state index contributed by atoms with van der Waals surface area (Å²) in [6.45, 7) is 6.22. The molecule has 0 bridgehead atoms. The first-order valence-electron chi connectivity index (χ1n) is 19.4. The number of rotatable bonds is 36. The highest BCUT2D eigenvalue weighted by Crippen LogP contribution is 2.16. The Hall–Kier alpha value is -1.04. The first kappa shape index (κ1) is 44.0. The number of thioether (sulfide) groups is 1. The van der Waals surface area contributed by atoms with Crippen molar-refractivity contribution < 1.29 is 23.9 Å². The summed E-state index contributed by atoms with van der Waals surface area (Å²) in [7, 11) is 0. The Morgan fingerprint density at radius 3 is 1.22 bits per heavy atom. The normalized spacial score (nSPS) is 11.9. The van der Waals surface area contributed by atoms with Crippen molar-refractivity contribution in [2.24, 2.45) is 0 Å². The van der Waals surface area contributed by atoms with Crippen molar-refractivity contribution in [3.63, 3.8) is 0 Å². The van der Waals surface area contributed by atoms with E-state index in [0.717, 1.165) is 25.7 Å². The molecule has 0 N–H and O–H groups in total. The lowest BCUT2D eigenvalue weighted by molar-refractivity contribution is -0.157. The SMILES string of the molecule is CCCCCCCCCCCCCCCC(=O)OCC(CSCCC(C)=O)OC(=O)CCCCCCCCCCCCCCC. The number of esters is 2. The average molecular weight is 655 g/mol. The van der Waals surface area contributed by atoms with Gasteiger partial charge in [0, 0.05) is 30.8 Å². The highest BCUT2D eigenvalue weighted by Gasteiger charge is 2.17. The van der Waals surface area contributed by atoms with Gasteiger partial charge in [-0.3, -0.25) is 14.4 Å². The topological polar surface area (TPSA) is 69.7 Å². The van der Waals surface area contributed by atoms with Gasteiger partial charge in [-0.05, 0) is 19.8 Å². The molecule has 6 heteroatoms. The maximum absolute atomic E-state index is 12.5. The number of carbonyl (C=O) groups excluding carboxylic acids is 3. The van der Waals surface area contributed by atoms with Crippen molar-refractivity contribution in [2.45, 2.75) is 213 Å². The van der Waals surface area contributed by atoms with E-state index in [4.69, 9.17) is 9.47 Å². The predicted molar refractivity (Wildman–Crippen MR) is 194 cm³/mol. The minimum Gasteiger partial charge on any atom is -0.462 e. The zero-order valence-electron chi connectivity index (χ0n) is 30.2. The summed E-state index contributed by atoms with van der Waals surface area (Å²) in [5.41, 5.74) is 0. The van der Waals surface area contributed by atoms with Crippen molar-refractivity contribution >= 4 is 29.5 Å². The van der Waals surface area contributed by atoms with Crippen LogP contribution in [-0.4, -0.2) is 41.9 Å². The second kappa shape index (κ2) is 35.8. The van der Waals surface area contributed by atoms with Gasteiger partial charge in [-0.15, -0.1) is 0 Å². The Morgan fingerprint density at radius 2 is 0.844 bits per heavy atom. The number of carbonyl (C=O) groups is 3. The van der Waals surface area contributed by atoms with E-state index in [0.29, 0.717) is 30.8 Å². The second-order valence-corrected chi connectivity index (χ2v) is 14.5. The van der Waals surface area contributed by atoms with E-state index in [9.17, 15) is 14.4 Å². The van der Waals surface area contributed by atoms with E-state index >= 15 is 0 Å². The van der Waals surface area contributed by atoms with E-state index < -0.39 is 6.10 Å². The lowest BCUT2D eigenvalue weighted by Crippen LogP contribution is -2.27. The van der Waals surface area contributed by atoms with Crippen LogP contribution in [0.15, 0.2) is 0 Å². The zero-order chi connectivity index (χ0) is 33.1. The van der Waals surface area contributed by atoms with Crippen LogP contribution in [-0.2, 0) is 23.9 Å². The molecule has 0 aromatic heterocycles. The summed E-state index contributed by atoms with van der Waals surface area (Å²) in [4.78, 5) is 36.2. The Kier molecular flexibility index (Phi) is 35.0. The van der Waals surface area contributed by atoms with Crippen LogP contribution in [0.2, 0.25) is 0 Å². The maximum atomic E-state index is 12.5. The molecule has 0 saturated heterocycles. The quantitative estimate of drug-likeness (QED) is 0.0494. The van der Waals surface area contributed by atoms with Gasteiger partial charge >= 0.3 is 11.9 Å². The summed E-state index contributed by atoms with van der Waals surface area (Å²) >= 11 is 1.58. The first-order chi connectivity index (χ1) is 22.0. The molecule has 1 atom stereocenters. The van der Waals surface area contributed by atoms with Crippen LogP contribution in [0.5, 0.6) is 0 Å². The fraction of sp³-hybridized carbons (Fsp3) is 0.923. The number of ether oxygens (including phenoxy) is 2. The molecule has 0 heterocycles. The van der Waals surface area contributed by atoms with Crippen LogP contribution in [0.1, 0.15) is 207 Å². The van der Waals surface area contributed by atoms with E-state index in [2.05, 4.69) is 13.8 Å². The molecular formula is C39H74O5S. The molecular weight excluding hydrogens is 580 g/mol. The third-order valence-electron chi connectivity index (χ3n) is 8.60. The fourth-order valence-electron chi connectivity index (χ4n) is 5.62. The van der Waals surface area contributed by atoms with Crippen molar-refractivity contribution in [3.8, 4) is 0 Å². The Balaban J connectivity index is 3.97. The number of hydrogen-bond acceptors (Lipinski definition) is 6. The second-order valence-electron chi connectivity index (χ2n) is 13.3. The number of unbranched alkanes of at least 4 members (excludes halogenated alkanes) is 24. The van der Waals surface area contributed by atoms with Gasteiger partial charge in [-0.1, -0.05) is 168 Å². The minimum atomic E-state index is -0.452. The third-order valence-corrected chi connectivity index (χ3v) is 9.70. The van der Waals surface area contributed by atoms with E-state index in [1.54, 1.807) is 18.7 Å². The molecule has 0 aliphatic heterocycles. The summed E-state index contributed by atoms with van der Waals surface area (Å²) in [6.07, 6.45) is 34.0. The van der Waals surface area contributed by atoms with Gasteiger partial charge in [0.1, 0.15) is 18.5 Å². The number of ketones is 1. The summed E-state index contributed by atoms with van der Waals surface area (Å²) in [5, 5.41) is 0. The molecule has 0 fully saturated rings. The molecule has 0 rings (SSSR count). The highest BCUT2D eigenvalue weighted by atomic mass is 32.2. The molecule has 0 radical (unpaired) electrons. The van der Waals surface area contributed by atoms with Crippen molar-refractivity contribution in [1.29, 1.82) is 0 Å². The van der Waals surface area contributed by atoms with E-state index in [1.807, 2.05) is 0 Å². The van der Waals surface area contributed by atoms with Gasteiger partial charge in [0.05, 0.1) is 0 Å². The molecule has 5 nitrogen and oxygen atoms in total. The average Bonchev–Trinajstić information content (AvgIpc) is 3.02. The van der Waals surface area contributed by atoms with E-state index in [-0.39, 0.29) is 24.3 Å². The van der Waals surface area contributed by atoms with Crippen LogP contribution in [0.3, 0.4) is 0 Å². The molecule has 0 aliphatic carbocycles. The predicted octanol–water partition coefficient (Wildman–Crippen LogP) is 12.1. The lowest BCUT2D eigenvalue weighted by atomic mass is 10.0. The van der Waals surface area contributed by atoms with Crippen LogP contribution < -0.4 is 0 Å². The molecule has 0 aromatic rings. The number of hydrogen-bond donors (Lipinski definition) is 0. The van der Waals surface area contributed by atoms with Crippen LogP contribution in [0.4, 0.5) is 0 Å². The molecule has 0 aliphatic rings. The van der Waals surface area contributed by atoms with Gasteiger partial charge in [-0.2, -0.15) is 11.8 Å². The van der Waals surface area contributed by atoms with Gasteiger partial charge < -0.3 is 9.47 Å². The summed E-state index contributed by atoms with van der Waals surface area (Å²) in [6, 6.07) is 0. The molecule has 0 amide bonds. The lowest BCUT2D eigenvalue weighted by Gasteiger charge is -2.18. The Bertz CT molecular complexity index is 668. The largest absolute Gasteiger partial charge is 0.462 e. The van der Waals surface area contributed by atoms with Gasteiger partial charge in [0.25, 0.3) is 0 Å².